The van der Waals surface area contributed by atoms with Gasteiger partial charge in [0.05, 0.1) is 19.3 Å². The quantitative estimate of drug-likeness (QED) is 0.940. The minimum atomic E-state index is -0.911. The third-order valence-corrected chi connectivity index (χ3v) is 3.89. The Morgan fingerprint density at radius 3 is 2.70 bits per heavy atom. The molecule has 1 aromatic heterocycles. The van der Waals surface area contributed by atoms with Crippen LogP contribution in [0.3, 0.4) is 0 Å². The molecule has 0 spiro atoms. The Balaban J connectivity index is 1.99. The van der Waals surface area contributed by atoms with Gasteiger partial charge in [0.25, 0.3) is 0 Å². The number of ether oxygens (including phenoxy) is 1. The number of methoxy groups -OCH3 is 1. The van der Waals surface area contributed by atoms with Gasteiger partial charge >= 0.3 is 0 Å². The molecule has 23 heavy (non-hydrogen) atoms. The van der Waals surface area contributed by atoms with Gasteiger partial charge < -0.3 is 14.7 Å². The first-order valence-corrected chi connectivity index (χ1v) is 7.27. The van der Waals surface area contributed by atoms with E-state index in [1.807, 2.05) is 6.92 Å². The van der Waals surface area contributed by atoms with E-state index >= 15 is 0 Å². The Hall–Kier alpha value is -2.28. The fraction of sp³-hybridized carbons (Fsp3) is 0.375. The molecule has 5 nitrogen and oxygen atoms in total. The highest BCUT2D eigenvalue weighted by atomic mass is 19.2. The van der Waals surface area contributed by atoms with Gasteiger partial charge in [0.2, 0.25) is 11.8 Å². The van der Waals surface area contributed by atoms with Crippen molar-refractivity contribution in [3.8, 4) is 5.88 Å². The molecular weight excluding hydrogens is 304 g/mol. The monoisotopic (exact) mass is 321 g/mol. The summed E-state index contributed by atoms with van der Waals surface area (Å²) in [5.41, 5.74) is 1.29. The summed E-state index contributed by atoms with van der Waals surface area (Å²) >= 11 is 0. The molecule has 0 radical (unpaired) electrons. The number of aryl methyl sites for hydroxylation is 1. The molecule has 1 aliphatic rings. The van der Waals surface area contributed by atoms with Crippen molar-refractivity contribution < 1.29 is 18.6 Å². The van der Waals surface area contributed by atoms with E-state index in [1.165, 1.54) is 13.2 Å². The van der Waals surface area contributed by atoms with Gasteiger partial charge in [-0.1, -0.05) is 6.07 Å². The van der Waals surface area contributed by atoms with E-state index in [-0.39, 0.29) is 6.04 Å². The zero-order chi connectivity index (χ0) is 16.6. The molecule has 0 bridgehead atoms. The van der Waals surface area contributed by atoms with Crippen LogP contribution in [-0.4, -0.2) is 34.8 Å². The fourth-order valence-electron chi connectivity index (χ4n) is 2.83. The molecule has 1 N–H and O–H groups in total. The molecule has 2 atom stereocenters. The second-order valence-corrected chi connectivity index (χ2v) is 5.58. The SMILES string of the molecule is COc1cc(C)nc(N2C[C@@H](O)C[C@H]2c2ccc(F)c(F)c2)n1. The molecule has 1 aliphatic heterocycles. The van der Waals surface area contributed by atoms with Crippen LogP contribution in [0.1, 0.15) is 23.7 Å². The van der Waals surface area contributed by atoms with Crippen molar-refractivity contribution in [2.45, 2.75) is 25.5 Å². The second kappa shape index (κ2) is 6.08. The van der Waals surface area contributed by atoms with Crippen LogP contribution in [0.15, 0.2) is 24.3 Å². The van der Waals surface area contributed by atoms with Gasteiger partial charge in [0.15, 0.2) is 11.6 Å². The highest BCUT2D eigenvalue weighted by Gasteiger charge is 2.34. The van der Waals surface area contributed by atoms with E-state index in [1.54, 1.807) is 11.0 Å². The lowest BCUT2D eigenvalue weighted by Gasteiger charge is -2.25. The van der Waals surface area contributed by atoms with Gasteiger partial charge in [0.1, 0.15) is 0 Å². The summed E-state index contributed by atoms with van der Waals surface area (Å²) in [6.45, 7) is 2.13. The molecule has 0 aliphatic carbocycles. The highest BCUT2D eigenvalue weighted by molar-refractivity contribution is 5.41. The van der Waals surface area contributed by atoms with E-state index in [0.717, 1.165) is 17.8 Å². The number of hydrogen-bond acceptors (Lipinski definition) is 5. The molecule has 122 valence electrons. The smallest absolute Gasteiger partial charge is 0.229 e. The van der Waals surface area contributed by atoms with Crippen molar-refractivity contribution in [1.29, 1.82) is 0 Å². The van der Waals surface area contributed by atoms with E-state index < -0.39 is 17.7 Å². The molecule has 0 saturated carbocycles. The molecule has 1 saturated heterocycles. The first-order chi connectivity index (χ1) is 11.0. The number of benzene rings is 1. The number of halogens is 2. The number of aliphatic hydroxyl groups excluding tert-OH is 1. The maximum Gasteiger partial charge on any atom is 0.229 e. The lowest BCUT2D eigenvalue weighted by molar-refractivity contribution is 0.194. The van der Waals surface area contributed by atoms with Crippen LogP contribution in [0.2, 0.25) is 0 Å². The molecule has 1 aromatic carbocycles. The summed E-state index contributed by atoms with van der Waals surface area (Å²) in [5.74, 6) is -0.995. The lowest BCUT2D eigenvalue weighted by atomic mass is 10.0. The Kier molecular flexibility index (Phi) is 4.12. The summed E-state index contributed by atoms with van der Waals surface area (Å²) in [4.78, 5) is 10.5. The maximum absolute atomic E-state index is 13.5. The number of anilines is 1. The largest absolute Gasteiger partial charge is 0.481 e. The zero-order valence-electron chi connectivity index (χ0n) is 12.8. The van der Waals surface area contributed by atoms with Gasteiger partial charge in [-0.3, -0.25) is 0 Å². The van der Waals surface area contributed by atoms with Crippen LogP contribution in [0, 0.1) is 18.6 Å². The molecule has 2 heterocycles. The standard InChI is InChI=1S/C16H17F2N3O2/c1-9-5-15(23-2)20-16(19-9)21-8-11(22)7-14(21)10-3-4-12(17)13(18)6-10/h3-6,11,14,22H,7-8H2,1-2H3/t11-,14-/m0/s1. The minimum Gasteiger partial charge on any atom is -0.481 e. The number of aliphatic hydroxyl groups is 1. The van der Waals surface area contributed by atoms with Gasteiger partial charge in [0, 0.05) is 18.3 Å². The topological polar surface area (TPSA) is 58.5 Å². The summed E-state index contributed by atoms with van der Waals surface area (Å²) in [6.07, 6.45) is -0.201. The van der Waals surface area contributed by atoms with Crippen LogP contribution in [0.5, 0.6) is 5.88 Å². The number of rotatable bonds is 3. The highest BCUT2D eigenvalue weighted by Crippen LogP contribution is 2.35. The summed E-state index contributed by atoms with van der Waals surface area (Å²) in [6, 6.07) is 5.12. The van der Waals surface area contributed by atoms with Crippen molar-refractivity contribution >= 4 is 5.95 Å². The van der Waals surface area contributed by atoms with Gasteiger partial charge in [-0.15, -0.1) is 0 Å². The van der Waals surface area contributed by atoms with Gasteiger partial charge in [-0.05, 0) is 31.0 Å². The number of β-amino-alcohol motifs (C(OH)–C–C–N with tert-alkyl or cyclic N) is 1. The molecule has 3 rings (SSSR count). The second-order valence-electron chi connectivity index (χ2n) is 5.58. The van der Waals surface area contributed by atoms with Crippen molar-refractivity contribution in [2.24, 2.45) is 0 Å². The minimum absolute atomic E-state index is 0.316. The average molecular weight is 321 g/mol. The summed E-state index contributed by atoms with van der Waals surface area (Å²) < 4.78 is 31.8. The van der Waals surface area contributed by atoms with Crippen molar-refractivity contribution in [3.63, 3.8) is 0 Å². The normalized spacial score (nSPS) is 20.8. The predicted molar refractivity (Wildman–Crippen MR) is 80.4 cm³/mol. The third-order valence-electron chi connectivity index (χ3n) is 3.89. The fourth-order valence-corrected chi connectivity index (χ4v) is 2.83. The molecule has 7 heteroatoms. The van der Waals surface area contributed by atoms with E-state index in [4.69, 9.17) is 4.74 Å². The van der Waals surface area contributed by atoms with E-state index in [9.17, 15) is 13.9 Å². The van der Waals surface area contributed by atoms with E-state index in [0.29, 0.717) is 30.4 Å². The molecule has 0 amide bonds. The van der Waals surface area contributed by atoms with Crippen molar-refractivity contribution in [3.05, 3.63) is 47.2 Å². The maximum atomic E-state index is 13.5. The van der Waals surface area contributed by atoms with Crippen LogP contribution in [-0.2, 0) is 0 Å². The average Bonchev–Trinajstić information content (AvgIpc) is 2.91. The third kappa shape index (κ3) is 3.10. The van der Waals surface area contributed by atoms with Crippen molar-refractivity contribution in [2.75, 3.05) is 18.6 Å². The molecule has 2 aromatic rings. The first-order valence-electron chi connectivity index (χ1n) is 7.27. The number of hydrogen-bond donors (Lipinski definition) is 1. The van der Waals surface area contributed by atoms with Crippen molar-refractivity contribution in [1.82, 2.24) is 9.97 Å². The van der Waals surface area contributed by atoms with E-state index in [2.05, 4.69) is 9.97 Å². The Bertz CT molecular complexity index is 726. The Morgan fingerprint density at radius 1 is 1.22 bits per heavy atom. The molecule has 0 unspecified atom stereocenters. The number of nitrogens with zero attached hydrogens (tertiary/aromatic N) is 3. The van der Waals surface area contributed by atoms with Crippen LogP contribution in [0.4, 0.5) is 14.7 Å². The Morgan fingerprint density at radius 2 is 2.00 bits per heavy atom. The summed E-state index contributed by atoms with van der Waals surface area (Å²) in [7, 11) is 1.51. The van der Waals surface area contributed by atoms with Crippen LogP contribution in [0.25, 0.3) is 0 Å². The number of aromatic nitrogens is 2. The predicted octanol–water partition coefficient (Wildman–Crippen LogP) is 2.38. The molecular formula is C16H17F2N3O2. The molecule has 1 fully saturated rings. The zero-order valence-corrected chi connectivity index (χ0v) is 12.8. The van der Waals surface area contributed by atoms with Crippen LogP contribution >= 0.6 is 0 Å². The lowest BCUT2D eigenvalue weighted by Crippen LogP contribution is -2.26. The van der Waals surface area contributed by atoms with Crippen LogP contribution < -0.4 is 9.64 Å². The first kappa shape index (κ1) is 15.6. The summed E-state index contributed by atoms with van der Waals surface area (Å²) in [5, 5.41) is 10.0. The van der Waals surface area contributed by atoms with Gasteiger partial charge in [-0.25, -0.2) is 13.8 Å². The van der Waals surface area contributed by atoms with Gasteiger partial charge in [-0.2, -0.15) is 4.98 Å². The Labute approximate surface area is 132 Å².